The summed E-state index contributed by atoms with van der Waals surface area (Å²) in [4.78, 5) is 17.3. The van der Waals surface area contributed by atoms with Crippen molar-refractivity contribution in [1.82, 2.24) is 9.97 Å². The first kappa shape index (κ1) is 10.9. The molecular formula is C10H6FN3O3. The van der Waals surface area contributed by atoms with E-state index >= 15 is 0 Å². The molecule has 0 aliphatic carbocycles. The van der Waals surface area contributed by atoms with Crippen LogP contribution in [0.1, 0.15) is 0 Å². The summed E-state index contributed by atoms with van der Waals surface area (Å²) >= 11 is 0. The average molecular weight is 235 g/mol. The average Bonchev–Trinajstić information content (AvgIpc) is 2.33. The molecule has 17 heavy (non-hydrogen) atoms. The molecule has 0 amide bonds. The van der Waals surface area contributed by atoms with Crippen LogP contribution in [0.5, 0.6) is 11.8 Å². The zero-order valence-electron chi connectivity index (χ0n) is 8.41. The van der Waals surface area contributed by atoms with Crippen LogP contribution < -0.4 is 4.74 Å². The van der Waals surface area contributed by atoms with Gasteiger partial charge in [0.25, 0.3) is 5.69 Å². The molecule has 0 saturated carbocycles. The molecule has 0 unspecified atom stereocenters. The molecular weight excluding hydrogens is 229 g/mol. The lowest BCUT2D eigenvalue weighted by Crippen LogP contribution is -1.95. The van der Waals surface area contributed by atoms with Crippen LogP contribution in [0.4, 0.5) is 10.1 Å². The Kier molecular flexibility index (Phi) is 2.91. The molecule has 0 saturated heterocycles. The standard InChI is InChI=1S/C10H6FN3O3/c11-8-3-2-7(14(15)16)6-9(8)17-10-12-4-1-5-13-10/h1-6H. The van der Waals surface area contributed by atoms with Crippen molar-refractivity contribution in [3.05, 3.63) is 52.6 Å². The molecule has 0 aliphatic rings. The lowest BCUT2D eigenvalue weighted by atomic mass is 10.3. The molecule has 0 aliphatic heterocycles. The van der Waals surface area contributed by atoms with Crippen LogP contribution in [-0.4, -0.2) is 14.9 Å². The van der Waals surface area contributed by atoms with Crippen LogP contribution in [0.3, 0.4) is 0 Å². The van der Waals surface area contributed by atoms with Gasteiger partial charge in [-0.05, 0) is 12.1 Å². The summed E-state index contributed by atoms with van der Waals surface area (Å²) in [6, 6.07) is 4.47. The minimum Gasteiger partial charge on any atom is -0.421 e. The molecule has 2 aromatic rings. The Bertz CT molecular complexity index is 548. The quantitative estimate of drug-likeness (QED) is 0.602. The molecule has 1 heterocycles. The summed E-state index contributed by atoms with van der Waals surface area (Å²) in [6.07, 6.45) is 2.83. The Labute approximate surface area is 94.9 Å². The molecule has 0 atom stereocenters. The monoisotopic (exact) mass is 235 g/mol. The van der Waals surface area contributed by atoms with Crippen LogP contribution in [-0.2, 0) is 0 Å². The van der Waals surface area contributed by atoms with E-state index < -0.39 is 10.7 Å². The second-order valence-corrected chi connectivity index (χ2v) is 3.01. The second-order valence-electron chi connectivity index (χ2n) is 3.01. The Morgan fingerprint density at radius 1 is 1.29 bits per heavy atom. The number of aromatic nitrogens is 2. The summed E-state index contributed by atoms with van der Waals surface area (Å²) in [5.74, 6) is -1.01. The van der Waals surface area contributed by atoms with Gasteiger partial charge in [-0.3, -0.25) is 10.1 Å². The van der Waals surface area contributed by atoms with Crippen LogP contribution >= 0.6 is 0 Å². The van der Waals surface area contributed by atoms with E-state index in [1.807, 2.05) is 0 Å². The molecule has 86 valence electrons. The number of rotatable bonds is 3. The van der Waals surface area contributed by atoms with Crippen molar-refractivity contribution < 1.29 is 14.1 Å². The van der Waals surface area contributed by atoms with Crippen molar-refractivity contribution in [3.63, 3.8) is 0 Å². The molecule has 0 bridgehead atoms. The van der Waals surface area contributed by atoms with Gasteiger partial charge in [-0.25, -0.2) is 14.4 Å². The van der Waals surface area contributed by atoms with Gasteiger partial charge in [-0.15, -0.1) is 0 Å². The first-order valence-electron chi connectivity index (χ1n) is 4.55. The third kappa shape index (κ3) is 2.51. The van der Waals surface area contributed by atoms with E-state index in [0.717, 1.165) is 18.2 Å². The summed E-state index contributed by atoms with van der Waals surface area (Å²) in [5.41, 5.74) is -0.266. The van der Waals surface area contributed by atoms with Crippen LogP contribution in [0.25, 0.3) is 0 Å². The lowest BCUT2D eigenvalue weighted by molar-refractivity contribution is -0.385. The molecule has 0 spiro atoms. The Morgan fingerprint density at radius 3 is 2.65 bits per heavy atom. The molecule has 1 aromatic heterocycles. The summed E-state index contributed by atoms with van der Waals surface area (Å²) < 4.78 is 18.3. The zero-order valence-corrected chi connectivity index (χ0v) is 8.41. The molecule has 6 nitrogen and oxygen atoms in total. The molecule has 0 N–H and O–H groups in total. The van der Waals surface area contributed by atoms with Gasteiger partial charge in [-0.1, -0.05) is 0 Å². The molecule has 2 rings (SSSR count). The van der Waals surface area contributed by atoms with Crippen molar-refractivity contribution in [2.45, 2.75) is 0 Å². The number of nitro groups is 1. The van der Waals surface area contributed by atoms with E-state index in [-0.39, 0.29) is 17.4 Å². The number of ether oxygens (including phenoxy) is 1. The van der Waals surface area contributed by atoms with Gasteiger partial charge in [-0.2, -0.15) is 0 Å². The van der Waals surface area contributed by atoms with Gasteiger partial charge >= 0.3 is 6.01 Å². The van der Waals surface area contributed by atoms with Gasteiger partial charge in [0.1, 0.15) is 0 Å². The molecule has 0 radical (unpaired) electrons. The van der Waals surface area contributed by atoms with Crippen molar-refractivity contribution in [1.29, 1.82) is 0 Å². The maximum absolute atomic E-state index is 13.3. The predicted octanol–water partition coefficient (Wildman–Crippen LogP) is 2.32. The van der Waals surface area contributed by atoms with Gasteiger partial charge < -0.3 is 4.74 Å². The van der Waals surface area contributed by atoms with E-state index in [0.29, 0.717) is 0 Å². The fraction of sp³-hybridized carbons (Fsp3) is 0. The Balaban J connectivity index is 2.32. The van der Waals surface area contributed by atoms with Gasteiger partial charge in [0.15, 0.2) is 11.6 Å². The molecule has 7 heteroatoms. The van der Waals surface area contributed by atoms with Crippen LogP contribution in [0.15, 0.2) is 36.7 Å². The van der Waals surface area contributed by atoms with Crippen molar-refractivity contribution in [2.24, 2.45) is 0 Å². The second kappa shape index (κ2) is 4.52. The summed E-state index contributed by atoms with van der Waals surface area (Å²) in [6.45, 7) is 0. The Morgan fingerprint density at radius 2 is 2.00 bits per heavy atom. The lowest BCUT2D eigenvalue weighted by Gasteiger charge is -2.03. The third-order valence-corrected chi connectivity index (χ3v) is 1.87. The predicted molar refractivity (Wildman–Crippen MR) is 55.2 cm³/mol. The highest BCUT2D eigenvalue weighted by atomic mass is 19.1. The van der Waals surface area contributed by atoms with Crippen LogP contribution in [0, 0.1) is 15.9 Å². The Hall–Kier alpha value is -2.57. The van der Waals surface area contributed by atoms with Crippen LogP contribution in [0.2, 0.25) is 0 Å². The number of hydrogen-bond acceptors (Lipinski definition) is 5. The topological polar surface area (TPSA) is 78.2 Å². The van der Waals surface area contributed by atoms with Crippen molar-refractivity contribution >= 4 is 5.69 Å². The zero-order chi connectivity index (χ0) is 12.3. The van der Waals surface area contributed by atoms with Gasteiger partial charge in [0, 0.05) is 18.5 Å². The summed E-state index contributed by atoms with van der Waals surface area (Å²) in [5, 5.41) is 10.5. The highest BCUT2D eigenvalue weighted by Gasteiger charge is 2.13. The molecule has 1 aromatic carbocycles. The number of benzene rings is 1. The number of nitro benzene ring substituents is 1. The number of nitrogens with zero attached hydrogens (tertiary/aromatic N) is 3. The van der Waals surface area contributed by atoms with E-state index in [4.69, 9.17) is 4.74 Å². The first-order chi connectivity index (χ1) is 8.16. The summed E-state index contributed by atoms with van der Waals surface area (Å²) in [7, 11) is 0. The maximum atomic E-state index is 13.3. The molecule has 0 fully saturated rings. The smallest absolute Gasteiger partial charge is 0.321 e. The van der Waals surface area contributed by atoms with Gasteiger partial charge in [0.05, 0.1) is 11.0 Å². The SMILES string of the molecule is O=[N+]([O-])c1ccc(F)c(Oc2ncccn2)c1. The van der Waals surface area contributed by atoms with E-state index in [2.05, 4.69) is 9.97 Å². The third-order valence-electron chi connectivity index (χ3n) is 1.87. The van der Waals surface area contributed by atoms with Gasteiger partial charge in [0.2, 0.25) is 0 Å². The number of halogens is 1. The number of non-ortho nitro benzene ring substituents is 1. The van der Waals surface area contributed by atoms with E-state index in [9.17, 15) is 14.5 Å². The highest BCUT2D eigenvalue weighted by molar-refractivity contribution is 5.40. The highest BCUT2D eigenvalue weighted by Crippen LogP contribution is 2.26. The largest absolute Gasteiger partial charge is 0.421 e. The first-order valence-corrected chi connectivity index (χ1v) is 4.55. The van der Waals surface area contributed by atoms with E-state index in [1.54, 1.807) is 6.07 Å². The van der Waals surface area contributed by atoms with Crippen molar-refractivity contribution in [3.8, 4) is 11.8 Å². The van der Waals surface area contributed by atoms with Crippen molar-refractivity contribution in [2.75, 3.05) is 0 Å². The van der Waals surface area contributed by atoms with E-state index in [1.165, 1.54) is 12.4 Å². The minimum absolute atomic E-state index is 0.0769. The minimum atomic E-state index is -0.719. The number of hydrogen-bond donors (Lipinski definition) is 0. The normalized spacial score (nSPS) is 9.94. The fourth-order valence-electron chi connectivity index (χ4n) is 1.12. The maximum Gasteiger partial charge on any atom is 0.321 e. The fourth-order valence-corrected chi connectivity index (χ4v) is 1.12.